The molecule has 0 unspecified atom stereocenters. The number of likely N-dealkylation sites (N-methyl/N-ethyl adjacent to an activating group) is 1. The van der Waals surface area contributed by atoms with Gasteiger partial charge in [-0.1, -0.05) is 13.3 Å². The lowest BCUT2D eigenvalue weighted by atomic mass is 10.0. The highest BCUT2D eigenvalue weighted by atomic mass is 19.1. The molecule has 0 radical (unpaired) electrons. The van der Waals surface area contributed by atoms with Crippen molar-refractivity contribution in [2.45, 2.75) is 40.5 Å². The fourth-order valence-corrected chi connectivity index (χ4v) is 3.33. The number of carbonyl (C=O) groups is 1. The molecule has 2 rings (SSSR count). The van der Waals surface area contributed by atoms with Crippen molar-refractivity contribution in [1.29, 1.82) is 0 Å². The second-order valence-electron chi connectivity index (χ2n) is 6.97. The number of nitrogens with zero attached hydrogens (tertiary/aromatic N) is 2. The highest BCUT2D eigenvalue weighted by Crippen LogP contribution is 2.27. The summed E-state index contributed by atoms with van der Waals surface area (Å²) in [6.45, 7) is 9.58. The van der Waals surface area contributed by atoms with Crippen LogP contribution < -0.4 is 0 Å². The smallest absolute Gasteiger partial charge is 0.152 e. The molecule has 1 aromatic heterocycles. The zero-order valence-corrected chi connectivity index (χ0v) is 16.5. The third-order valence-corrected chi connectivity index (χ3v) is 4.57. The van der Waals surface area contributed by atoms with Gasteiger partial charge in [0.2, 0.25) is 0 Å². The third-order valence-electron chi connectivity index (χ3n) is 4.57. The van der Waals surface area contributed by atoms with Gasteiger partial charge >= 0.3 is 0 Å². The van der Waals surface area contributed by atoms with Crippen LogP contribution in [0.1, 0.15) is 43.6 Å². The molecule has 3 nitrogen and oxygen atoms in total. The van der Waals surface area contributed by atoms with Crippen molar-refractivity contribution in [2.75, 3.05) is 20.1 Å². The standard InChI is InChI=1S/C22H29FN2O/c1-6-7-12-24(5)15-19(14-17(3)26)22-13-16(2)25(18(22)4)21-10-8-20(23)9-11-21/h8-11,13-14H,6-7,12,15H2,1-5H3/b19-14+. The van der Waals surface area contributed by atoms with Crippen molar-refractivity contribution in [2.24, 2.45) is 0 Å². The van der Waals surface area contributed by atoms with Crippen molar-refractivity contribution in [3.63, 3.8) is 0 Å². The number of benzene rings is 1. The maximum Gasteiger partial charge on any atom is 0.152 e. The van der Waals surface area contributed by atoms with Gasteiger partial charge in [0.05, 0.1) is 0 Å². The lowest BCUT2D eigenvalue weighted by molar-refractivity contribution is -0.112. The summed E-state index contributed by atoms with van der Waals surface area (Å²) in [7, 11) is 2.09. The number of unbranched alkanes of at least 4 members (excludes halogenated alkanes) is 1. The monoisotopic (exact) mass is 356 g/mol. The van der Waals surface area contributed by atoms with Crippen LogP contribution in [0.2, 0.25) is 0 Å². The molecule has 4 heteroatoms. The number of rotatable bonds is 8. The van der Waals surface area contributed by atoms with Gasteiger partial charge < -0.3 is 9.47 Å². The van der Waals surface area contributed by atoms with Gasteiger partial charge in [0.15, 0.2) is 5.78 Å². The Balaban J connectivity index is 2.41. The molecule has 2 aromatic rings. The van der Waals surface area contributed by atoms with E-state index in [0.717, 1.165) is 54.1 Å². The van der Waals surface area contributed by atoms with Gasteiger partial charge in [0, 0.05) is 29.2 Å². The molecule has 0 saturated carbocycles. The molecular formula is C22H29FN2O. The van der Waals surface area contributed by atoms with E-state index in [1.807, 2.05) is 13.8 Å². The van der Waals surface area contributed by atoms with Gasteiger partial charge in [-0.2, -0.15) is 0 Å². The van der Waals surface area contributed by atoms with Crippen molar-refractivity contribution in [3.05, 3.63) is 59.2 Å². The minimum absolute atomic E-state index is 0.0514. The van der Waals surface area contributed by atoms with Crippen LogP contribution in [-0.2, 0) is 4.79 Å². The van der Waals surface area contributed by atoms with E-state index < -0.39 is 0 Å². The predicted molar refractivity (Wildman–Crippen MR) is 106 cm³/mol. The van der Waals surface area contributed by atoms with Gasteiger partial charge in [-0.25, -0.2) is 4.39 Å². The lowest BCUT2D eigenvalue weighted by Gasteiger charge is -2.19. The molecule has 0 atom stereocenters. The molecule has 1 heterocycles. The summed E-state index contributed by atoms with van der Waals surface area (Å²) in [5.41, 5.74) is 5.15. The number of carbonyl (C=O) groups excluding carboxylic acids is 1. The summed E-state index contributed by atoms with van der Waals surface area (Å²) in [5.74, 6) is -0.193. The summed E-state index contributed by atoms with van der Waals surface area (Å²) in [6, 6.07) is 8.61. The number of allylic oxidation sites excluding steroid dienone is 1. The van der Waals surface area contributed by atoms with E-state index in [4.69, 9.17) is 0 Å². The molecule has 0 aliphatic rings. The average Bonchev–Trinajstić information content (AvgIpc) is 2.87. The second kappa shape index (κ2) is 8.95. The summed E-state index contributed by atoms with van der Waals surface area (Å²) in [5, 5.41) is 0. The number of aromatic nitrogens is 1. The number of hydrogen-bond acceptors (Lipinski definition) is 2. The highest BCUT2D eigenvalue weighted by molar-refractivity contribution is 5.95. The van der Waals surface area contributed by atoms with Crippen molar-refractivity contribution in [3.8, 4) is 5.69 Å². The molecular weight excluding hydrogens is 327 g/mol. The summed E-state index contributed by atoms with van der Waals surface area (Å²) in [4.78, 5) is 14.0. The van der Waals surface area contributed by atoms with Crippen LogP contribution in [0, 0.1) is 19.7 Å². The first-order valence-electron chi connectivity index (χ1n) is 9.18. The van der Waals surface area contributed by atoms with Crippen LogP contribution in [0.25, 0.3) is 11.3 Å². The number of hydrogen-bond donors (Lipinski definition) is 0. The Morgan fingerprint density at radius 3 is 2.46 bits per heavy atom. The highest BCUT2D eigenvalue weighted by Gasteiger charge is 2.16. The Bertz CT molecular complexity index is 787. The zero-order valence-electron chi connectivity index (χ0n) is 16.5. The molecule has 26 heavy (non-hydrogen) atoms. The molecule has 0 fully saturated rings. The normalized spacial score (nSPS) is 12.0. The molecule has 1 aromatic carbocycles. The summed E-state index contributed by atoms with van der Waals surface area (Å²) in [6.07, 6.45) is 4.02. The van der Waals surface area contributed by atoms with E-state index >= 15 is 0 Å². The van der Waals surface area contributed by atoms with Crippen LogP contribution in [0.3, 0.4) is 0 Å². The van der Waals surface area contributed by atoms with E-state index in [9.17, 15) is 9.18 Å². The second-order valence-corrected chi connectivity index (χ2v) is 6.97. The van der Waals surface area contributed by atoms with E-state index in [1.54, 1.807) is 25.1 Å². The summed E-state index contributed by atoms with van der Waals surface area (Å²) >= 11 is 0. The maximum absolute atomic E-state index is 13.3. The molecule has 0 spiro atoms. The Kier molecular flexibility index (Phi) is 6.92. The van der Waals surface area contributed by atoms with Gasteiger partial charge in [-0.05, 0) is 82.8 Å². The quantitative estimate of drug-likeness (QED) is 0.626. The molecule has 0 bridgehead atoms. The van der Waals surface area contributed by atoms with E-state index in [-0.39, 0.29) is 11.6 Å². The largest absolute Gasteiger partial charge is 0.318 e. The van der Waals surface area contributed by atoms with Crippen molar-refractivity contribution < 1.29 is 9.18 Å². The Morgan fingerprint density at radius 2 is 1.88 bits per heavy atom. The van der Waals surface area contributed by atoms with E-state index in [1.165, 1.54) is 12.1 Å². The number of aryl methyl sites for hydroxylation is 1. The fraction of sp³-hybridized carbons (Fsp3) is 0.409. The van der Waals surface area contributed by atoms with E-state index in [0.29, 0.717) is 0 Å². The molecule has 0 N–H and O–H groups in total. The lowest BCUT2D eigenvalue weighted by Crippen LogP contribution is -2.22. The van der Waals surface area contributed by atoms with Gasteiger partial charge in [-0.15, -0.1) is 0 Å². The molecule has 0 saturated heterocycles. The van der Waals surface area contributed by atoms with Crippen LogP contribution in [0.4, 0.5) is 4.39 Å². The average molecular weight is 356 g/mol. The molecule has 0 aliphatic carbocycles. The van der Waals surface area contributed by atoms with Crippen LogP contribution >= 0.6 is 0 Å². The van der Waals surface area contributed by atoms with Crippen molar-refractivity contribution >= 4 is 11.4 Å². The predicted octanol–water partition coefficient (Wildman–Crippen LogP) is 4.94. The van der Waals surface area contributed by atoms with Crippen LogP contribution in [0.15, 0.2) is 36.4 Å². The van der Waals surface area contributed by atoms with Crippen LogP contribution in [0.5, 0.6) is 0 Å². The SMILES string of the molecule is CCCCN(C)C/C(=C\C(C)=O)c1cc(C)n(-c2ccc(F)cc2)c1C. The third kappa shape index (κ3) is 4.92. The molecule has 0 aliphatic heterocycles. The minimum atomic E-state index is -0.244. The molecule has 0 amide bonds. The van der Waals surface area contributed by atoms with Gasteiger partial charge in [0.1, 0.15) is 5.82 Å². The minimum Gasteiger partial charge on any atom is -0.318 e. The van der Waals surface area contributed by atoms with Gasteiger partial charge in [0.25, 0.3) is 0 Å². The zero-order chi connectivity index (χ0) is 19.3. The Labute approximate surface area is 156 Å². The fourth-order valence-electron chi connectivity index (χ4n) is 3.33. The van der Waals surface area contributed by atoms with Gasteiger partial charge in [-0.3, -0.25) is 4.79 Å². The number of halogens is 1. The number of ketones is 1. The Morgan fingerprint density at radius 1 is 1.23 bits per heavy atom. The summed E-state index contributed by atoms with van der Waals surface area (Å²) < 4.78 is 15.4. The topological polar surface area (TPSA) is 25.2 Å². The first kappa shape index (κ1) is 20.1. The first-order valence-corrected chi connectivity index (χ1v) is 9.18. The molecule has 140 valence electrons. The van der Waals surface area contributed by atoms with E-state index in [2.05, 4.69) is 29.5 Å². The van der Waals surface area contributed by atoms with Crippen molar-refractivity contribution in [1.82, 2.24) is 9.47 Å². The first-order chi connectivity index (χ1) is 12.3. The van der Waals surface area contributed by atoms with Crippen LogP contribution in [-0.4, -0.2) is 35.4 Å². The maximum atomic E-state index is 13.3. The Hall–Kier alpha value is -2.20.